The maximum Gasteiger partial charge on any atom is 0.343 e. The molecule has 4 nitrogen and oxygen atoms in total. The molecule has 1 atom stereocenters. The number of rotatable bonds is 5. The fourth-order valence-electron chi connectivity index (χ4n) is 1.26. The van der Waals surface area contributed by atoms with Crippen LogP contribution in [-0.2, 0) is 4.79 Å². The summed E-state index contributed by atoms with van der Waals surface area (Å²) in [5, 5.41) is 8.52. The van der Waals surface area contributed by atoms with Crippen LogP contribution in [0.15, 0.2) is 18.2 Å². The van der Waals surface area contributed by atoms with Crippen molar-refractivity contribution in [2.75, 3.05) is 13.7 Å². The molecule has 0 aromatic heterocycles. The van der Waals surface area contributed by atoms with Gasteiger partial charge in [-0.15, -0.1) is 0 Å². The Morgan fingerprint density at radius 1 is 1.50 bits per heavy atom. The molecule has 0 heterocycles. The number of carboxylic acid groups (broad SMARTS) is 1. The predicted molar refractivity (Wildman–Crippen MR) is 55.6 cm³/mol. The van der Waals surface area contributed by atoms with E-state index in [2.05, 4.69) is 0 Å². The maximum atomic E-state index is 13.2. The first-order valence-corrected chi connectivity index (χ1v) is 4.77. The van der Waals surface area contributed by atoms with Gasteiger partial charge in [0.1, 0.15) is 0 Å². The van der Waals surface area contributed by atoms with E-state index in [1.165, 1.54) is 25.3 Å². The van der Waals surface area contributed by atoms with Crippen LogP contribution in [0, 0.1) is 0 Å². The van der Waals surface area contributed by atoms with Crippen molar-refractivity contribution in [2.45, 2.75) is 13.1 Å². The molecule has 5 heteroatoms. The number of ether oxygens (including phenoxy) is 2. The molecule has 0 saturated carbocycles. The lowest BCUT2D eigenvalue weighted by molar-refractivity contribution is -0.143. The minimum absolute atomic E-state index is 0.0350. The van der Waals surface area contributed by atoms with Gasteiger partial charge in [-0.2, -0.15) is 0 Å². The van der Waals surface area contributed by atoms with Gasteiger partial charge in [0.15, 0.2) is 11.5 Å². The van der Waals surface area contributed by atoms with Crippen LogP contribution in [0.2, 0.25) is 0 Å². The quantitative estimate of drug-likeness (QED) is 0.839. The summed E-state index contributed by atoms with van der Waals surface area (Å²) in [5.74, 6) is -0.735. The normalized spacial score (nSPS) is 11.9. The molecule has 1 N–H and O–H groups in total. The van der Waals surface area contributed by atoms with Gasteiger partial charge in [-0.1, -0.05) is 6.07 Å². The Bertz CT molecular complexity index is 378. The largest absolute Gasteiger partial charge is 0.493 e. The molecule has 0 aliphatic heterocycles. The number of hydrogen-bond acceptors (Lipinski definition) is 3. The zero-order valence-electron chi connectivity index (χ0n) is 9.07. The summed E-state index contributed by atoms with van der Waals surface area (Å²) >= 11 is 0. The van der Waals surface area contributed by atoms with E-state index in [0.29, 0.717) is 18.1 Å². The molecular formula is C11H13FO4. The van der Waals surface area contributed by atoms with Crippen LogP contribution in [0.4, 0.5) is 4.39 Å². The molecule has 0 saturated heterocycles. The lowest BCUT2D eigenvalue weighted by atomic mass is 10.1. The summed E-state index contributed by atoms with van der Waals surface area (Å²) < 4.78 is 23.4. The van der Waals surface area contributed by atoms with E-state index in [-0.39, 0.29) is 5.56 Å². The van der Waals surface area contributed by atoms with Crippen LogP contribution in [0.3, 0.4) is 0 Å². The van der Waals surface area contributed by atoms with Gasteiger partial charge in [0.25, 0.3) is 0 Å². The summed E-state index contributed by atoms with van der Waals surface area (Å²) in [6, 6.07) is 4.18. The first-order chi connectivity index (χ1) is 7.60. The predicted octanol–water partition coefficient (Wildman–Crippen LogP) is 2.19. The highest BCUT2D eigenvalue weighted by Gasteiger charge is 2.20. The fraction of sp³-hybridized carbons (Fsp3) is 0.364. The number of benzene rings is 1. The van der Waals surface area contributed by atoms with Gasteiger partial charge >= 0.3 is 5.97 Å². The zero-order chi connectivity index (χ0) is 12.1. The number of halogens is 1. The van der Waals surface area contributed by atoms with Crippen molar-refractivity contribution in [3.63, 3.8) is 0 Å². The minimum Gasteiger partial charge on any atom is -0.493 e. The van der Waals surface area contributed by atoms with Crippen LogP contribution in [-0.4, -0.2) is 24.8 Å². The van der Waals surface area contributed by atoms with Crippen molar-refractivity contribution in [3.05, 3.63) is 23.8 Å². The number of carbonyl (C=O) groups is 1. The molecule has 16 heavy (non-hydrogen) atoms. The first-order valence-electron chi connectivity index (χ1n) is 4.77. The number of alkyl halides is 1. The minimum atomic E-state index is -2.05. The highest BCUT2D eigenvalue weighted by Crippen LogP contribution is 2.31. The smallest absolute Gasteiger partial charge is 0.343 e. The van der Waals surface area contributed by atoms with E-state index in [1.54, 1.807) is 0 Å². The van der Waals surface area contributed by atoms with Gasteiger partial charge in [-0.25, -0.2) is 9.18 Å². The van der Waals surface area contributed by atoms with Crippen molar-refractivity contribution >= 4 is 5.97 Å². The lowest BCUT2D eigenvalue weighted by Gasteiger charge is -2.11. The van der Waals surface area contributed by atoms with Crippen molar-refractivity contribution in [3.8, 4) is 11.5 Å². The molecule has 0 fully saturated rings. The van der Waals surface area contributed by atoms with E-state index in [9.17, 15) is 9.18 Å². The molecule has 0 aliphatic carbocycles. The summed E-state index contributed by atoms with van der Waals surface area (Å²) in [7, 11) is 1.41. The maximum absolute atomic E-state index is 13.2. The van der Waals surface area contributed by atoms with Gasteiger partial charge in [0, 0.05) is 5.56 Å². The van der Waals surface area contributed by atoms with E-state index in [1.807, 2.05) is 6.92 Å². The van der Waals surface area contributed by atoms with Gasteiger partial charge in [-0.3, -0.25) is 0 Å². The Hall–Kier alpha value is -1.78. The Kier molecular flexibility index (Phi) is 4.10. The highest BCUT2D eigenvalue weighted by atomic mass is 19.1. The third-order valence-corrected chi connectivity index (χ3v) is 2.00. The average Bonchev–Trinajstić information content (AvgIpc) is 2.29. The second-order valence-corrected chi connectivity index (χ2v) is 3.04. The van der Waals surface area contributed by atoms with Crippen molar-refractivity contribution in [2.24, 2.45) is 0 Å². The number of carboxylic acids is 1. The van der Waals surface area contributed by atoms with E-state index < -0.39 is 12.1 Å². The number of methoxy groups -OCH3 is 1. The molecule has 1 aromatic carbocycles. The Balaban J connectivity index is 3.03. The van der Waals surface area contributed by atoms with Crippen molar-refractivity contribution in [1.29, 1.82) is 0 Å². The topological polar surface area (TPSA) is 55.8 Å². The van der Waals surface area contributed by atoms with E-state index in [4.69, 9.17) is 14.6 Å². The molecular weight excluding hydrogens is 215 g/mol. The van der Waals surface area contributed by atoms with Gasteiger partial charge in [-0.05, 0) is 19.1 Å². The molecule has 1 aromatic rings. The number of aliphatic carboxylic acids is 1. The second kappa shape index (κ2) is 5.34. The Morgan fingerprint density at radius 3 is 2.69 bits per heavy atom. The number of hydrogen-bond donors (Lipinski definition) is 1. The Labute approximate surface area is 92.6 Å². The lowest BCUT2D eigenvalue weighted by Crippen LogP contribution is -2.06. The summed E-state index contributed by atoms with van der Waals surface area (Å²) in [4.78, 5) is 10.5. The van der Waals surface area contributed by atoms with Crippen LogP contribution in [0.25, 0.3) is 0 Å². The highest BCUT2D eigenvalue weighted by molar-refractivity contribution is 5.74. The first kappa shape index (κ1) is 12.3. The van der Waals surface area contributed by atoms with Crippen LogP contribution in [0.5, 0.6) is 11.5 Å². The molecule has 0 bridgehead atoms. The van der Waals surface area contributed by atoms with Crippen molar-refractivity contribution in [1.82, 2.24) is 0 Å². The van der Waals surface area contributed by atoms with Crippen LogP contribution >= 0.6 is 0 Å². The average molecular weight is 228 g/mol. The molecule has 1 rings (SSSR count). The summed E-state index contributed by atoms with van der Waals surface area (Å²) in [5.41, 5.74) is 0.0350. The zero-order valence-corrected chi connectivity index (χ0v) is 9.07. The van der Waals surface area contributed by atoms with E-state index in [0.717, 1.165) is 0 Å². The van der Waals surface area contributed by atoms with Gasteiger partial charge in [0.2, 0.25) is 6.17 Å². The van der Waals surface area contributed by atoms with Crippen molar-refractivity contribution < 1.29 is 23.8 Å². The molecule has 0 amide bonds. The molecule has 88 valence electrons. The SMILES string of the molecule is CCOc1ccc(C(F)C(=O)O)cc1OC. The molecule has 0 radical (unpaired) electrons. The fourth-order valence-corrected chi connectivity index (χ4v) is 1.26. The van der Waals surface area contributed by atoms with Gasteiger partial charge in [0.05, 0.1) is 13.7 Å². The molecule has 1 unspecified atom stereocenters. The van der Waals surface area contributed by atoms with Crippen LogP contribution < -0.4 is 9.47 Å². The van der Waals surface area contributed by atoms with Gasteiger partial charge < -0.3 is 14.6 Å². The monoisotopic (exact) mass is 228 g/mol. The third kappa shape index (κ3) is 2.62. The van der Waals surface area contributed by atoms with Crippen LogP contribution in [0.1, 0.15) is 18.7 Å². The summed E-state index contributed by atoms with van der Waals surface area (Å²) in [6.45, 7) is 2.26. The third-order valence-electron chi connectivity index (χ3n) is 2.00. The summed E-state index contributed by atoms with van der Waals surface area (Å²) in [6.07, 6.45) is -2.05. The van der Waals surface area contributed by atoms with E-state index >= 15 is 0 Å². The molecule has 0 aliphatic rings. The standard InChI is InChI=1S/C11H13FO4/c1-3-16-8-5-4-7(6-9(8)15-2)10(12)11(13)14/h4-6,10H,3H2,1-2H3,(H,13,14). The molecule has 0 spiro atoms. The Morgan fingerprint density at radius 2 is 2.19 bits per heavy atom. The second-order valence-electron chi connectivity index (χ2n) is 3.04.